The second kappa shape index (κ2) is 9.55. The zero-order chi connectivity index (χ0) is 29.2. The number of nitrogens with one attached hydrogen (secondary N) is 1. The van der Waals surface area contributed by atoms with Crippen molar-refractivity contribution in [1.29, 1.82) is 0 Å². The van der Waals surface area contributed by atoms with E-state index in [2.05, 4.69) is 17.5 Å². The van der Waals surface area contributed by atoms with Crippen LogP contribution in [0, 0.1) is 12.8 Å². The number of ether oxygens (including phenoxy) is 1. The van der Waals surface area contributed by atoms with Gasteiger partial charge >= 0.3 is 0 Å². The molecule has 42 heavy (non-hydrogen) atoms. The molecule has 4 aromatic carbocycles. The Morgan fingerprint density at radius 1 is 0.833 bits per heavy atom. The summed E-state index contributed by atoms with van der Waals surface area (Å²) in [6.07, 6.45) is 2.08. The first-order valence-electron chi connectivity index (χ1n) is 14.1. The molecular weight excluding hydrogens is 524 g/mol. The van der Waals surface area contributed by atoms with Gasteiger partial charge in [0.25, 0.3) is 0 Å². The number of allylic oxidation sites excluding steroid dienone is 1. The highest BCUT2D eigenvalue weighted by molar-refractivity contribution is 6.18. The van der Waals surface area contributed by atoms with Crippen LogP contribution in [0.3, 0.4) is 0 Å². The van der Waals surface area contributed by atoms with E-state index in [4.69, 9.17) is 4.74 Å². The number of methoxy groups -OCH3 is 1. The molecule has 0 bridgehead atoms. The number of nitrogens with zero attached hydrogens (tertiary/aromatic N) is 1. The first kappa shape index (κ1) is 26.0. The summed E-state index contributed by atoms with van der Waals surface area (Å²) in [7, 11) is 1.57. The first-order valence-corrected chi connectivity index (χ1v) is 14.1. The third kappa shape index (κ3) is 3.54. The summed E-state index contributed by atoms with van der Waals surface area (Å²) >= 11 is 0. The Morgan fingerprint density at radius 3 is 2.26 bits per heavy atom. The molecular formula is C36H30N2O4. The van der Waals surface area contributed by atoms with Crippen molar-refractivity contribution in [1.82, 2.24) is 0 Å². The van der Waals surface area contributed by atoms with Gasteiger partial charge in [-0.1, -0.05) is 66.2 Å². The number of aryl methyl sites for hydroxylation is 1. The van der Waals surface area contributed by atoms with Crippen LogP contribution in [0.1, 0.15) is 44.3 Å². The van der Waals surface area contributed by atoms with Crippen LogP contribution in [0.2, 0.25) is 0 Å². The highest BCUT2D eigenvalue weighted by Gasteiger charge is 2.70. The number of amides is 1. The number of hydrogen-bond acceptors (Lipinski definition) is 5. The predicted molar refractivity (Wildman–Crippen MR) is 163 cm³/mol. The molecule has 3 heterocycles. The minimum atomic E-state index is -1.34. The van der Waals surface area contributed by atoms with Crippen LogP contribution in [0.25, 0.3) is 5.57 Å². The van der Waals surface area contributed by atoms with Crippen LogP contribution < -0.4 is 15.0 Å². The lowest BCUT2D eigenvalue weighted by Gasteiger charge is -2.39. The summed E-state index contributed by atoms with van der Waals surface area (Å²) in [5.41, 5.74) is 4.93. The molecule has 0 unspecified atom stereocenters. The van der Waals surface area contributed by atoms with Crippen molar-refractivity contribution in [2.75, 3.05) is 17.3 Å². The number of para-hydroxylation sites is 1. The van der Waals surface area contributed by atoms with E-state index in [1.165, 1.54) is 0 Å². The molecule has 0 aromatic heterocycles. The Morgan fingerprint density at radius 2 is 1.52 bits per heavy atom. The van der Waals surface area contributed by atoms with Gasteiger partial charge < -0.3 is 15.0 Å². The molecule has 1 spiro atoms. The van der Waals surface area contributed by atoms with Crippen molar-refractivity contribution in [2.24, 2.45) is 5.92 Å². The van der Waals surface area contributed by atoms with Crippen LogP contribution in [-0.2, 0) is 10.2 Å². The Balaban J connectivity index is 1.55. The molecule has 208 valence electrons. The highest BCUT2D eigenvalue weighted by Crippen LogP contribution is 2.59. The molecule has 1 amide bonds. The molecule has 3 aliphatic heterocycles. The van der Waals surface area contributed by atoms with Crippen molar-refractivity contribution in [3.8, 4) is 5.75 Å². The van der Waals surface area contributed by atoms with Gasteiger partial charge in [-0.2, -0.15) is 0 Å². The topological polar surface area (TPSA) is 75.7 Å². The van der Waals surface area contributed by atoms with Crippen molar-refractivity contribution in [2.45, 2.75) is 31.3 Å². The minimum absolute atomic E-state index is 0.194. The van der Waals surface area contributed by atoms with Gasteiger partial charge in [0.15, 0.2) is 11.6 Å². The van der Waals surface area contributed by atoms with E-state index in [0.29, 0.717) is 22.6 Å². The smallest absolute Gasteiger partial charge is 0.238 e. The molecule has 3 aliphatic rings. The van der Waals surface area contributed by atoms with Crippen molar-refractivity contribution in [3.05, 3.63) is 131 Å². The van der Waals surface area contributed by atoms with Crippen LogP contribution in [0.15, 0.2) is 103 Å². The van der Waals surface area contributed by atoms with Crippen molar-refractivity contribution >= 4 is 34.4 Å². The monoisotopic (exact) mass is 554 g/mol. The molecule has 0 saturated carbocycles. The number of fused-ring (bicyclic) bond motifs is 6. The predicted octanol–water partition coefficient (Wildman–Crippen LogP) is 6.25. The SMILES string of the molecule is COc1ccc(C(=O)[C@H]2[C@@H](C(=O)c3ccccc3)N3c4ccc(C)cc4C(C)=C[C@H]3[C@@]23C(=O)Nc2ccccc23)cc1. The number of benzene rings is 4. The van der Waals surface area contributed by atoms with Gasteiger partial charge in [0.2, 0.25) is 5.91 Å². The molecule has 1 saturated heterocycles. The maximum absolute atomic E-state index is 14.9. The molecule has 6 heteroatoms. The van der Waals surface area contributed by atoms with Gasteiger partial charge in [0.1, 0.15) is 17.2 Å². The Hall–Kier alpha value is -4.97. The maximum atomic E-state index is 14.9. The molecule has 6 nitrogen and oxygen atoms in total. The highest BCUT2D eigenvalue weighted by atomic mass is 16.5. The van der Waals surface area contributed by atoms with Gasteiger partial charge in [-0.25, -0.2) is 0 Å². The molecule has 4 atom stereocenters. The second-order valence-electron chi connectivity index (χ2n) is 11.3. The standard InChI is InChI=1S/C36H30N2O4/c1-21-13-18-29-26(19-21)22(2)20-30-36(27-11-7-8-12-28(27)37-35(36)41)31(33(39)24-14-16-25(42-3)17-15-24)32(38(29)30)34(40)23-9-5-4-6-10-23/h4-20,30-32H,1-3H3,(H,37,41)/t30-,31+,32-,36+/m0/s1. The molecule has 7 rings (SSSR count). The van der Waals surface area contributed by atoms with Crippen molar-refractivity contribution < 1.29 is 19.1 Å². The third-order valence-electron chi connectivity index (χ3n) is 9.12. The molecule has 0 radical (unpaired) electrons. The second-order valence-corrected chi connectivity index (χ2v) is 11.3. The van der Waals surface area contributed by atoms with E-state index in [0.717, 1.165) is 28.0 Å². The quantitative estimate of drug-likeness (QED) is 0.295. The van der Waals surface area contributed by atoms with E-state index in [1.54, 1.807) is 43.5 Å². The lowest BCUT2D eigenvalue weighted by atomic mass is 9.64. The lowest BCUT2D eigenvalue weighted by Crippen LogP contribution is -2.51. The zero-order valence-electron chi connectivity index (χ0n) is 23.6. The molecule has 1 fully saturated rings. The first-order chi connectivity index (χ1) is 20.4. The molecule has 0 aliphatic carbocycles. The fourth-order valence-electron chi connectivity index (χ4n) is 7.25. The summed E-state index contributed by atoms with van der Waals surface area (Å²) in [6.45, 7) is 4.07. The average Bonchev–Trinajstić information content (AvgIpc) is 3.49. The van der Waals surface area contributed by atoms with Gasteiger partial charge in [0, 0.05) is 28.1 Å². The Labute approximate surface area is 244 Å². The number of ketones is 2. The summed E-state index contributed by atoms with van der Waals surface area (Å²) in [6, 6.07) is 28.2. The van der Waals surface area contributed by atoms with Gasteiger partial charge in [0.05, 0.1) is 19.1 Å². The summed E-state index contributed by atoms with van der Waals surface area (Å²) in [4.78, 5) is 46.1. The fraction of sp³-hybridized carbons (Fsp3) is 0.194. The van der Waals surface area contributed by atoms with E-state index >= 15 is 0 Å². The molecule has 1 N–H and O–H groups in total. The lowest BCUT2D eigenvalue weighted by molar-refractivity contribution is -0.121. The zero-order valence-corrected chi connectivity index (χ0v) is 23.6. The summed E-state index contributed by atoms with van der Waals surface area (Å²) in [5, 5.41) is 3.09. The summed E-state index contributed by atoms with van der Waals surface area (Å²) in [5.74, 6) is -1.11. The normalized spacial score (nSPS) is 23.5. The number of carbonyl (C=O) groups is 3. The fourth-order valence-corrected chi connectivity index (χ4v) is 7.25. The molecule has 4 aromatic rings. The number of rotatable bonds is 5. The van der Waals surface area contributed by atoms with Gasteiger partial charge in [-0.3, -0.25) is 14.4 Å². The van der Waals surface area contributed by atoms with Gasteiger partial charge in [-0.05, 0) is 67.4 Å². The number of anilines is 2. The van der Waals surface area contributed by atoms with Crippen LogP contribution in [0.4, 0.5) is 11.4 Å². The maximum Gasteiger partial charge on any atom is 0.238 e. The van der Waals surface area contributed by atoms with Gasteiger partial charge in [-0.15, -0.1) is 0 Å². The van der Waals surface area contributed by atoms with E-state index in [9.17, 15) is 14.4 Å². The third-order valence-corrected chi connectivity index (χ3v) is 9.12. The Bertz CT molecular complexity index is 1790. The largest absolute Gasteiger partial charge is 0.497 e. The number of Topliss-reactive ketones (excluding diaryl/α,β-unsaturated/α-hetero) is 2. The van der Waals surface area contributed by atoms with Crippen LogP contribution in [0.5, 0.6) is 5.75 Å². The number of hydrogen-bond donors (Lipinski definition) is 1. The van der Waals surface area contributed by atoms with Crippen LogP contribution >= 0.6 is 0 Å². The minimum Gasteiger partial charge on any atom is -0.497 e. The number of carbonyl (C=O) groups excluding carboxylic acids is 3. The van der Waals surface area contributed by atoms with E-state index in [-0.39, 0.29) is 17.5 Å². The van der Waals surface area contributed by atoms with E-state index < -0.39 is 23.4 Å². The summed E-state index contributed by atoms with van der Waals surface area (Å²) < 4.78 is 5.34. The average molecular weight is 555 g/mol. The van der Waals surface area contributed by atoms with Crippen molar-refractivity contribution in [3.63, 3.8) is 0 Å². The Kier molecular flexibility index (Phi) is 5.91. The van der Waals surface area contributed by atoms with Crippen LogP contribution in [-0.4, -0.2) is 36.7 Å². The van der Waals surface area contributed by atoms with E-state index in [1.807, 2.05) is 73.3 Å².